The van der Waals surface area contributed by atoms with Crippen molar-refractivity contribution >= 4 is 11.0 Å². The Balaban J connectivity index is 2.31. The molecule has 96 valence electrons. The lowest BCUT2D eigenvalue weighted by Crippen LogP contribution is -1.83. The highest BCUT2D eigenvalue weighted by Gasteiger charge is 2.15. The van der Waals surface area contributed by atoms with Crippen molar-refractivity contribution in [3.8, 4) is 22.6 Å². The van der Waals surface area contributed by atoms with Gasteiger partial charge in [-0.25, -0.2) is 8.78 Å². The van der Waals surface area contributed by atoms with Gasteiger partial charge in [0.05, 0.1) is 11.6 Å². The van der Waals surface area contributed by atoms with Gasteiger partial charge in [0.2, 0.25) is 0 Å². The minimum atomic E-state index is -0.720. The number of aromatic hydroxyl groups is 2. The second-order valence-corrected chi connectivity index (χ2v) is 4.15. The molecule has 0 fully saturated rings. The topological polar surface area (TPSA) is 53.6 Å². The monoisotopic (exact) mass is 262 g/mol. The summed E-state index contributed by atoms with van der Waals surface area (Å²) < 4.78 is 31.6. The molecule has 1 heterocycles. The average Bonchev–Trinajstić information content (AvgIpc) is 2.71. The average molecular weight is 262 g/mol. The van der Waals surface area contributed by atoms with Crippen LogP contribution in [0.3, 0.4) is 0 Å². The summed E-state index contributed by atoms with van der Waals surface area (Å²) >= 11 is 0. The van der Waals surface area contributed by atoms with Gasteiger partial charge in [0, 0.05) is 23.8 Å². The third-order valence-corrected chi connectivity index (χ3v) is 2.81. The van der Waals surface area contributed by atoms with Crippen LogP contribution in [0.2, 0.25) is 0 Å². The predicted molar refractivity (Wildman–Crippen MR) is 64.9 cm³/mol. The Labute approximate surface area is 106 Å². The summed E-state index contributed by atoms with van der Waals surface area (Å²) in [6, 6.07) is 5.49. The van der Waals surface area contributed by atoms with E-state index in [1.807, 2.05) is 0 Å². The first-order valence-electron chi connectivity index (χ1n) is 5.44. The van der Waals surface area contributed by atoms with Gasteiger partial charge >= 0.3 is 0 Å². The van der Waals surface area contributed by atoms with Crippen molar-refractivity contribution < 1.29 is 23.4 Å². The molecule has 5 heteroatoms. The maximum Gasteiger partial charge on any atom is 0.141 e. The Morgan fingerprint density at radius 1 is 0.895 bits per heavy atom. The molecule has 0 aliphatic rings. The summed E-state index contributed by atoms with van der Waals surface area (Å²) in [6.45, 7) is 0. The van der Waals surface area contributed by atoms with Crippen LogP contribution in [0.25, 0.3) is 22.1 Å². The van der Waals surface area contributed by atoms with E-state index in [9.17, 15) is 19.0 Å². The van der Waals surface area contributed by atoms with Gasteiger partial charge in [0.25, 0.3) is 0 Å². The summed E-state index contributed by atoms with van der Waals surface area (Å²) in [4.78, 5) is 0. The fraction of sp³-hybridized carbons (Fsp3) is 0. The van der Waals surface area contributed by atoms with E-state index in [0.29, 0.717) is 10.9 Å². The Morgan fingerprint density at radius 2 is 1.58 bits per heavy atom. The molecule has 0 atom stereocenters. The molecule has 0 radical (unpaired) electrons. The van der Waals surface area contributed by atoms with Crippen LogP contribution in [-0.4, -0.2) is 10.2 Å². The summed E-state index contributed by atoms with van der Waals surface area (Å²) in [6.07, 6.45) is 1.28. The third-order valence-electron chi connectivity index (χ3n) is 2.81. The molecule has 0 amide bonds. The van der Waals surface area contributed by atoms with Gasteiger partial charge < -0.3 is 14.6 Å². The van der Waals surface area contributed by atoms with Crippen LogP contribution in [0.15, 0.2) is 41.0 Å². The molecule has 2 aromatic carbocycles. The largest absolute Gasteiger partial charge is 0.508 e. The van der Waals surface area contributed by atoms with Crippen molar-refractivity contribution in [2.45, 2.75) is 0 Å². The highest BCUT2D eigenvalue weighted by molar-refractivity contribution is 5.99. The van der Waals surface area contributed by atoms with Crippen LogP contribution >= 0.6 is 0 Å². The predicted octanol–water partition coefficient (Wildman–Crippen LogP) is 3.79. The number of benzene rings is 2. The lowest BCUT2D eigenvalue weighted by Gasteiger charge is -2.02. The normalized spacial score (nSPS) is 11.1. The van der Waals surface area contributed by atoms with Gasteiger partial charge in [0.15, 0.2) is 0 Å². The molecule has 1 aromatic heterocycles. The zero-order chi connectivity index (χ0) is 13.6. The first kappa shape index (κ1) is 11.5. The number of hydrogen-bond donors (Lipinski definition) is 2. The molecule has 0 aliphatic heterocycles. The molecule has 0 aliphatic carbocycles. The molecule has 0 unspecified atom stereocenters. The summed E-state index contributed by atoms with van der Waals surface area (Å²) in [5.74, 6) is -1.81. The molecule has 0 bridgehead atoms. The Hall–Kier alpha value is -2.56. The molecule has 3 rings (SSSR count). The zero-order valence-electron chi connectivity index (χ0n) is 9.52. The molecule has 3 aromatic rings. The van der Waals surface area contributed by atoms with E-state index >= 15 is 0 Å². The summed E-state index contributed by atoms with van der Waals surface area (Å²) in [5, 5.41) is 19.4. The lowest BCUT2D eigenvalue weighted by molar-refractivity contribution is 0.453. The Bertz CT molecular complexity index is 757. The molecular formula is C14H8F2O3. The second-order valence-electron chi connectivity index (χ2n) is 4.15. The zero-order valence-corrected chi connectivity index (χ0v) is 9.52. The maximum atomic E-state index is 13.2. The minimum absolute atomic E-state index is 0.156. The molecule has 0 saturated carbocycles. The van der Waals surface area contributed by atoms with Crippen molar-refractivity contribution in [1.82, 2.24) is 0 Å². The molecule has 2 N–H and O–H groups in total. The second kappa shape index (κ2) is 3.98. The van der Waals surface area contributed by atoms with Crippen molar-refractivity contribution in [2.24, 2.45) is 0 Å². The van der Waals surface area contributed by atoms with Gasteiger partial charge in [-0.1, -0.05) is 0 Å². The maximum absolute atomic E-state index is 13.2. The van der Waals surface area contributed by atoms with Crippen molar-refractivity contribution in [3.05, 3.63) is 48.2 Å². The molecule has 19 heavy (non-hydrogen) atoms. The van der Waals surface area contributed by atoms with Gasteiger partial charge in [-0.3, -0.25) is 0 Å². The standard InChI is InChI=1S/C14H8F2O3/c15-8-1-7(2-9(16)3-8)11-6-19-13-5-10(17)4-12(18)14(11)13/h1-6,17-18H. The van der Waals surface area contributed by atoms with Crippen LogP contribution in [0.1, 0.15) is 0 Å². The number of halogens is 2. The quantitative estimate of drug-likeness (QED) is 0.701. The lowest BCUT2D eigenvalue weighted by atomic mass is 10.0. The van der Waals surface area contributed by atoms with Crippen LogP contribution in [0.5, 0.6) is 11.5 Å². The molecular weight excluding hydrogens is 254 g/mol. The van der Waals surface area contributed by atoms with E-state index in [1.54, 1.807) is 0 Å². The van der Waals surface area contributed by atoms with E-state index in [-0.39, 0.29) is 22.6 Å². The molecule has 3 nitrogen and oxygen atoms in total. The van der Waals surface area contributed by atoms with E-state index in [2.05, 4.69) is 0 Å². The fourth-order valence-electron chi connectivity index (χ4n) is 2.05. The van der Waals surface area contributed by atoms with Crippen LogP contribution in [0, 0.1) is 11.6 Å². The molecule has 0 spiro atoms. The Morgan fingerprint density at radius 3 is 2.26 bits per heavy atom. The van der Waals surface area contributed by atoms with Crippen molar-refractivity contribution in [3.63, 3.8) is 0 Å². The smallest absolute Gasteiger partial charge is 0.141 e. The number of fused-ring (bicyclic) bond motifs is 1. The fourth-order valence-corrected chi connectivity index (χ4v) is 2.05. The first-order chi connectivity index (χ1) is 9.04. The minimum Gasteiger partial charge on any atom is -0.508 e. The van der Waals surface area contributed by atoms with Crippen LogP contribution in [-0.2, 0) is 0 Å². The summed E-state index contributed by atoms with van der Waals surface area (Å²) in [7, 11) is 0. The van der Waals surface area contributed by atoms with E-state index < -0.39 is 11.6 Å². The number of hydrogen-bond acceptors (Lipinski definition) is 3. The third kappa shape index (κ3) is 1.89. The van der Waals surface area contributed by atoms with Crippen molar-refractivity contribution in [2.75, 3.05) is 0 Å². The Kier molecular flexibility index (Phi) is 2.41. The van der Waals surface area contributed by atoms with Gasteiger partial charge in [0.1, 0.15) is 28.7 Å². The SMILES string of the molecule is Oc1cc(O)c2c(-c3cc(F)cc(F)c3)coc2c1. The van der Waals surface area contributed by atoms with Gasteiger partial charge in [-0.05, 0) is 17.7 Å². The van der Waals surface area contributed by atoms with E-state index in [4.69, 9.17) is 4.42 Å². The van der Waals surface area contributed by atoms with Crippen LogP contribution < -0.4 is 0 Å². The first-order valence-corrected chi connectivity index (χ1v) is 5.44. The summed E-state index contributed by atoms with van der Waals surface area (Å²) in [5.41, 5.74) is 0.834. The highest BCUT2D eigenvalue weighted by atomic mass is 19.1. The highest BCUT2D eigenvalue weighted by Crippen LogP contribution is 2.39. The number of phenols is 2. The number of furan rings is 1. The molecule has 0 saturated heterocycles. The van der Waals surface area contributed by atoms with Crippen molar-refractivity contribution in [1.29, 1.82) is 0 Å². The van der Waals surface area contributed by atoms with Gasteiger partial charge in [-0.15, -0.1) is 0 Å². The van der Waals surface area contributed by atoms with E-state index in [1.165, 1.54) is 12.3 Å². The number of rotatable bonds is 1. The van der Waals surface area contributed by atoms with Gasteiger partial charge in [-0.2, -0.15) is 0 Å². The number of phenolic OH excluding ortho intramolecular Hbond substituents is 2. The van der Waals surface area contributed by atoms with E-state index in [0.717, 1.165) is 24.3 Å². The van der Waals surface area contributed by atoms with Crippen LogP contribution in [0.4, 0.5) is 8.78 Å².